The number of pyridine rings is 1. The number of rotatable bonds is 5. The predicted molar refractivity (Wildman–Crippen MR) is 119 cm³/mol. The Morgan fingerprint density at radius 2 is 2.03 bits per heavy atom. The normalized spacial score (nSPS) is 16.3. The minimum Gasteiger partial charge on any atom is -0.477 e. The highest BCUT2D eigenvalue weighted by atomic mass is 16.4. The summed E-state index contributed by atoms with van der Waals surface area (Å²) in [6.45, 7) is 1.87. The second kappa shape index (κ2) is 8.03. The maximum atomic E-state index is 13.5. The van der Waals surface area contributed by atoms with Crippen molar-refractivity contribution in [2.45, 2.75) is 19.0 Å². The lowest BCUT2D eigenvalue weighted by molar-refractivity contribution is 0.0686. The summed E-state index contributed by atoms with van der Waals surface area (Å²) in [6.07, 6.45) is 3.81. The molecule has 3 aromatic heterocycles. The standard InChI is InChI=1S/C23H21N7O3/c1-27-19(22(31)32)12-26-20(27)14-28-10-8-17(13-28)30-21-18(3-2-9-25-21)29(23(30)33)16-6-4-15(11-24)5-7-16/h2-7,9,12,17H,8,10,13-14H2,1H3,(H,31,32)/t17-/m0/s1. The fourth-order valence-electron chi connectivity index (χ4n) is 4.47. The van der Waals surface area contributed by atoms with E-state index < -0.39 is 5.97 Å². The summed E-state index contributed by atoms with van der Waals surface area (Å²) in [7, 11) is 1.69. The molecule has 166 valence electrons. The lowest BCUT2D eigenvalue weighted by atomic mass is 10.2. The van der Waals surface area contributed by atoms with Gasteiger partial charge >= 0.3 is 11.7 Å². The molecule has 10 nitrogen and oxygen atoms in total. The highest BCUT2D eigenvalue weighted by Crippen LogP contribution is 2.26. The first kappa shape index (κ1) is 20.7. The average molecular weight is 443 g/mol. The third-order valence-electron chi connectivity index (χ3n) is 6.17. The molecular weight excluding hydrogens is 422 g/mol. The zero-order chi connectivity index (χ0) is 23.1. The Hall–Kier alpha value is -4.23. The molecule has 0 bridgehead atoms. The van der Waals surface area contributed by atoms with Gasteiger partial charge in [-0.1, -0.05) is 0 Å². The van der Waals surface area contributed by atoms with Crippen LogP contribution in [0.5, 0.6) is 0 Å². The topological polar surface area (TPSA) is 122 Å². The number of likely N-dealkylation sites (tertiary alicyclic amines) is 1. The van der Waals surface area contributed by atoms with Crippen molar-refractivity contribution in [2.24, 2.45) is 7.05 Å². The van der Waals surface area contributed by atoms with E-state index in [0.29, 0.717) is 41.3 Å². The van der Waals surface area contributed by atoms with Gasteiger partial charge in [0.2, 0.25) is 0 Å². The molecule has 0 amide bonds. The van der Waals surface area contributed by atoms with Crippen molar-refractivity contribution in [2.75, 3.05) is 13.1 Å². The molecule has 0 aliphatic carbocycles. The Balaban J connectivity index is 1.47. The number of nitrogens with zero attached hydrogens (tertiary/aromatic N) is 7. The van der Waals surface area contributed by atoms with E-state index in [1.165, 1.54) is 6.20 Å². The van der Waals surface area contributed by atoms with Gasteiger partial charge in [0, 0.05) is 26.3 Å². The molecule has 0 saturated carbocycles. The van der Waals surface area contributed by atoms with E-state index in [0.717, 1.165) is 13.0 Å². The second-order valence-electron chi connectivity index (χ2n) is 8.09. The van der Waals surface area contributed by atoms with Crippen LogP contribution in [0.1, 0.15) is 34.3 Å². The van der Waals surface area contributed by atoms with Crippen LogP contribution in [0.3, 0.4) is 0 Å². The SMILES string of the molecule is Cn1c(C(=O)O)cnc1CN1CC[C@H](n2c(=O)n(-c3ccc(C#N)cc3)c3cccnc32)C1. The van der Waals surface area contributed by atoms with Crippen LogP contribution in [0.25, 0.3) is 16.9 Å². The van der Waals surface area contributed by atoms with Crippen molar-refractivity contribution < 1.29 is 9.90 Å². The van der Waals surface area contributed by atoms with Gasteiger partial charge in [0.1, 0.15) is 11.5 Å². The number of carboxylic acids is 1. The lowest BCUT2D eigenvalue weighted by Gasteiger charge is -2.16. The first-order valence-corrected chi connectivity index (χ1v) is 10.5. The molecule has 0 unspecified atom stereocenters. The predicted octanol–water partition coefficient (Wildman–Crippen LogP) is 1.94. The van der Waals surface area contributed by atoms with Crippen molar-refractivity contribution in [1.82, 2.24) is 28.6 Å². The molecule has 5 rings (SSSR count). The van der Waals surface area contributed by atoms with Gasteiger partial charge in [-0.2, -0.15) is 5.26 Å². The third-order valence-corrected chi connectivity index (χ3v) is 6.17. The van der Waals surface area contributed by atoms with Crippen LogP contribution in [0.15, 0.2) is 53.6 Å². The Morgan fingerprint density at radius 1 is 1.24 bits per heavy atom. The summed E-state index contributed by atoms with van der Waals surface area (Å²) in [5.74, 6) is -0.345. The van der Waals surface area contributed by atoms with Gasteiger partial charge in [0.05, 0.1) is 41.6 Å². The summed E-state index contributed by atoms with van der Waals surface area (Å²) >= 11 is 0. The van der Waals surface area contributed by atoms with E-state index in [2.05, 4.69) is 20.9 Å². The first-order valence-electron chi connectivity index (χ1n) is 10.5. The fraction of sp³-hybridized carbons (Fsp3) is 0.261. The van der Waals surface area contributed by atoms with Gasteiger partial charge in [0.15, 0.2) is 5.65 Å². The summed E-state index contributed by atoms with van der Waals surface area (Å²) in [6, 6.07) is 12.6. The Bertz CT molecular complexity index is 1460. The summed E-state index contributed by atoms with van der Waals surface area (Å²) < 4.78 is 4.96. The largest absolute Gasteiger partial charge is 0.477 e. The number of aromatic carboxylic acids is 1. The van der Waals surface area contributed by atoms with Crippen molar-refractivity contribution in [3.8, 4) is 11.8 Å². The molecule has 1 aromatic carbocycles. The van der Waals surface area contributed by atoms with Crippen molar-refractivity contribution >= 4 is 17.1 Å². The van der Waals surface area contributed by atoms with Crippen LogP contribution < -0.4 is 5.69 Å². The minimum atomic E-state index is -1.01. The minimum absolute atomic E-state index is 0.0752. The number of carbonyl (C=O) groups is 1. The Morgan fingerprint density at radius 3 is 2.73 bits per heavy atom. The number of carboxylic acid groups (broad SMARTS) is 1. The van der Waals surface area contributed by atoms with Gasteiger partial charge in [-0.05, 0) is 42.8 Å². The number of fused-ring (bicyclic) bond motifs is 1. The molecule has 1 saturated heterocycles. The molecule has 4 heterocycles. The molecule has 4 aromatic rings. The number of imidazole rings is 2. The number of benzene rings is 1. The Labute approximate surface area is 188 Å². The van der Waals surface area contributed by atoms with Crippen LogP contribution >= 0.6 is 0 Å². The maximum Gasteiger partial charge on any atom is 0.354 e. The fourth-order valence-corrected chi connectivity index (χ4v) is 4.47. The number of nitriles is 1. The molecule has 1 fully saturated rings. The summed E-state index contributed by atoms with van der Waals surface area (Å²) in [5, 5.41) is 18.3. The second-order valence-corrected chi connectivity index (χ2v) is 8.09. The highest BCUT2D eigenvalue weighted by Gasteiger charge is 2.29. The molecule has 1 atom stereocenters. The van der Waals surface area contributed by atoms with Crippen LogP contribution in [0.4, 0.5) is 0 Å². The molecule has 1 aliphatic rings. The molecule has 33 heavy (non-hydrogen) atoms. The van der Waals surface area contributed by atoms with E-state index in [4.69, 9.17) is 5.26 Å². The first-order chi connectivity index (χ1) is 16.0. The molecule has 1 aliphatic heterocycles. The number of aromatic nitrogens is 5. The molecule has 0 radical (unpaired) electrons. The van der Waals surface area contributed by atoms with Gasteiger partial charge in [-0.3, -0.25) is 14.0 Å². The number of hydrogen-bond donors (Lipinski definition) is 1. The maximum absolute atomic E-state index is 13.5. The van der Waals surface area contributed by atoms with Crippen LogP contribution in [-0.2, 0) is 13.6 Å². The smallest absolute Gasteiger partial charge is 0.354 e. The van der Waals surface area contributed by atoms with E-state index in [1.54, 1.807) is 57.3 Å². The molecule has 0 spiro atoms. The van der Waals surface area contributed by atoms with Crippen LogP contribution in [-0.4, -0.2) is 52.7 Å². The van der Waals surface area contributed by atoms with Crippen molar-refractivity contribution in [3.63, 3.8) is 0 Å². The quantitative estimate of drug-likeness (QED) is 0.500. The third kappa shape index (κ3) is 3.48. The average Bonchev–Trinajstić information content (AvgIpc) is 3.50. The van der Waals surface area contributed by atoms with E-state index >= 15 is 0 Å². The summed E-state index contributed by atoms with van der Waals surface area (Å²) in [4.78, 5) is 35.8. The van der Waals surface area contributed by atoms with Crippen LogP contribution in [0, 0.1) is 11.3 Å². The zero-order valence-electron chi connectivity index (χ0n) is 17.9. The lowest BCUT2D eigenvalue weighted by Crippen LogP contribution is -2.29. The van der Waals surface area contributed by atoms with Crippen LogP contribution in [0.2, 0.25) is 0 Å². The van der Waals surface area contributed by atoms with Crippen molar-refractivity contribution in [1.29, 1.82) is 5.26 Å². The summed E-state index contributed by atoms with van der Waals surface area (Å²) in [5.41, 5.74) is 2.50. The Kier molecular flexibility index (Phi) is 5.03. The number of hydrogen-bond acceptors (Lipinski definition) is 6. The molecular formula is C23H21N7O3. The van der Waals surface area contributed by atoms with Gasteiger partial charge in [-0.25, -0.2) is 19.6 Å². The van der Waals surface area contributed by atoms with Gasteiger partial charge in [0.25, 0.3) is 0 Å². The zero-order valence-corrected chi connectivity index (χ0v) is 17.9. The van der Waals surface area contributed by atoms with Gasteiger partial charge < -0.3 is 9.67 Å². The monoisotopic (exact) mass is 443 g/mol. The van der Waals surface area contributed by atoms with E-state index in [1.807, 2.05) is 6.07 Å². The molecule has 10 heteroatoms. The van der Waals surface area contributed by atoms with Crippen molar-refractivity contribution in [3.05, 3.63) is 76.4 Å². The van der Waals surface area contributed by atoms with E-state index in [9.17, 15) is 14.7 Å². The highest BCUT2D eigenvalue weighted by molar-refractivity contribution is 5.85. The van der Waals surface area contributed by atoms with Gasteiger partial charge in [-0.15, -0.1) is 0 Å². The van der Waals surface area contributed by atoms with E-state index in [-0.39, 0.29) is 17.4 Å². The molecule has 1 N–H and O–H groups in total.